The number of nitrogens with two attached hydrogens (primary N) is 1. The number of halogens is 3. The maximum atomic E-state index is 12.6. The number of hydrogen-bond acceptors (Lipinski definition) is 3. The largest absolute Gasteiger partial charge is 0.464 e. The molecule has 0 aliphatic heterocycles. The Hall–Kier alpha value is -1.79. The van der Waals surface area contributed by atoms with Gasteiger partial charge in [0.15, 0.2) is 6.10 Å². The Morgan fingerprint density at radius 2 is 2.05 bits per heavy atom. The van der Waals surface area contributed by atoms with Crippen molar-refractivity contribution < 1.29 is 17.9 Å². The van der Waals surface area contributed by atoms with Crippen LogP contribution in [0.2, 0.25) is 0 Å². The molecule has 20 heavy (non-hydrogen) atoms. The number of fused-ring (bicyclic) bond motifs is 1. The Morgan fingerprint density at radius 1 is 1.40 bits per heavy atom. The van der Waals surface area contributed by atoms with Gasteiger partial charge in [0, 0.05) is 5.69 Å². The molecule has 1 aliphatic carbocycles. The molecule has 0 saturated carbocycles. The van der Waals surface area contributed by atoms with E-state index in [4.69, 9.17) is 15.9 Å². The second-order valence-electron chi connectivity index (χ2n) is 4.87. The van der Waals surface area contributed by atoms with Gasteiger partial charge >= 0.3 is 6.18 Å². The summed E-state index contributed by atoms with van der Waals surface area (Å²) in [7, 11) is 0. The number of nitrogens with one attached hydrogen (secondary N) is 1. The monoisotopic (exact) mass is 287 g/mol. The van der Waals surface area contributed by atoms with E-state index in [-0.39, 0.29) is 17.3 Å². The highest BCUT2D eigenvalue weighted by atomic mass is 19.4. The lowest BCUT2D eigenvalue weighted by Gasteiger charge is -2.22. The van der Waals surface area contributed by atoms with Crippen molar-refractivity contribution in [1.82, 2.24) is 4.98 Å². The van der Waals surface area contributed by atoms with E-state index in [2.05, 4.69) is 4.98 Å². The SMILES string of the molecule is CC(Oc1nc2c(cc1C(=N)N)CCCC2)C(F)(F)F. The molecule has 0 saturated heterocycles. The molecule has 0 spiro atoms. The lowest BCUT2D eigenvalue weighted by atomic mass is 9.95. The Balaban J connectivity index is 2.37. The van der Waals surface area contributed by atoms with Gasteiger partial charge in [-0.2, -0.15) is 13.2 Å². The first kappa shape index (κ1) is 14.6. The highest BCUT2D eigenvalue weighted by Crippen LogP contribution is 2.29. The van der Waals surface area contributed by atoms with Gasteiger partial charge in [0.25, 0.3) is 0 Å². The van der Waals surface area contributed by atoms with Crippen molar-refractivity contribution in [3.05, 3.63) is 22.9 Å². The first-order valence-corrected chi connectivity index (χ1v) is 6.39. The van der Waals surface area contributed by atoms with Crippen molar-refractivity contribution >= 4 is 5.84 Å². The summed E-state index contributed by atoms with van der Waals surface area (Å²) in [4.78, 5) is 4.14. The summed E-state index contributed by atoms with van der Waals surface area (Å²) < 4.78 is 42.6. The lowest BCUT2D eigenvalue weighted by molar-refractivity contribution is -0.190. The number of hydrogen-bond donors (Lipinski definition) is 2. The van der Waals surface area contributed by atoms with Crippen LogP contribution in [0.4, 0.5) is 13.2 Å². The first-order valence-electron chi connectivity index (χ1n) is 6.39. The van der Waals surface area contributed by atoms with Crippen molar-refractivity contribution in [2.75, 3.05) is 0 Å². The molecule has 0 radical (unpaired) electrons. The van der Waals surface area contributed by atoms with Gasteiger partial charge < -0.3 is 10.5 Å². The van der Waals surface area contributed by atoms with Crippen LogP contribution in [0.15, 0.2) is 6.07 Å². The summed E-state index contributed by atoms with van der Waals surface area (Å²) >= 11 is 0. The van der Waals surface area contributed by atoms with E-state index < -0.39 is 12.3 Å². The van der Waals surface area contributed by atoms with Crippen LogP contribution in [0, 0.1) is 5.41 Å². The van der Waals surface area contributed by atoms with E-state index in [0.717, 1.165) is 37.4 Å². The number of aromatic nitrogens is 1. The standard InChI is InChI=1S/C13H16F3N3O/c1-7(13(14,15)16)20-12-9(11(17)18)6-8-4-2-3-5-10(8)19-12/h6-7H,2-5H2,1H3,(H3,17,18). The van der Waals surface area contributed by atoms with Crippen LogP contribution in [0.5, 0.6) is 5.88 Å². The zero-order valence-electron chi connectivity index (χ0n) is 11.0. The molecule has 0 aromatic carbocycles. The molecule has 110 valence electrons. The van der Waals surface area contributed by atoms with E-state index >= 15 is 0 Å². The smallest absolute Gasteiger partial charge is 0.425 e. The van der Waals surface area contributed by atoms with E-state index in [1.807, 2.05) is 0 Å². The molecule has 3 N–H and O–H groups in total. The maximum absolute atomic E-state index is 12.6. The molecule has 1 aromatic rings. The number of amidine groups is 1. The van der Waals surface area contributed by atoms with Gasteiger partial charge in [-0.1, -0.05) is 0 Å². The second kappa shape index (κ2) is 5.30. The van der Waals surface area contributed by atoms with Crippen molar-refractivity contribution in [1.29, 1.82) is 5.41 Å². The predicted octanol–water partition coefficient (Wildman–Crippen LogP) is 2.57. The van der Waals surface area contributed by atoms with Crippen LogP contribution in [0.1, 0.15) is 36.6 Å². The summed E-state index contributed by atoms with van der Waals surface area (Å²) in [5, 5.41) is 7.47. The van der Waals surface area contributed by atoms with Gasteiger partial charge in [0.2, 0.25) is 5.88 Å². The Labute approximate surface area is 114 Å². The minimum atomic E-state index is -4.48. The molecule has 1 heterocycles. The van der Waals surface area contributed by atoms with Crippen LogP contribution < -0.4 is 10.5 Å². The van der Waals surface area contributed by atoms with Crippen LogP contribution in [0.3, 0.4) is 0 Å². The van der Waals surface area contributed by atoms with E-state index in [1.54, 1.807) is 6.07 Å². The number of aryl methyl sites for hydroxylation is 2. The first-order chi connectivity index (χ1) is 9.29. The van der Waals surface area contributed by atoms with Gasteiger partial charge in [-0.15, -0.1) is 0 Å². The summed E-state index contributed by atoms with van der Waals surface area (Å²) in [6.07, 6.45) is -3.00. The average Bonchev–Trinajstić information content (AvgIpc) is 2.36. The van der Waals surface area contributed by atoms with E-state index in [9.17, 15) is 13.2 Å². The van der Waals surface area contributed by atoms with Crippen molar-refractivity contribution in [2.24, 2.45) is 5.73 Å². The van der Waals surface area contributed by atoms with Gasteiger partial charge in [-0.3, -0.25) is 5.41 Å². The number of rotatable bonds is 3. The zero-order chi connectivity index (χ0) is 14.9. The fraction of sp³-hybridized carbons (Fsp3) is 0.538. The summed E-state index contributed by atoms with van der Waals surface area (Å²) in [6, 6.07) is 1.63. The third kappa shape index (κ3) is 3.02. The van der Waals surface area contributed by atoms with Crippen molar-refractivity contribution in [3.8, 4) is 5.88 Å². The minimum Gasteiger partial charge on any atom is -0.464 e. The van der Waals surface area contributed by atoms with Crippen LogP contribution >= 0.6 is 0 Å². The normalized spacial score (nSPS) is 16.4. The predicted molar refractivity (Wildman–Crippen MR) is 68.0 cm³/mol. The van der Waals surface area contributed by atoms with Crippen LogP contribution in [-0.2, 0) is 12.8 Å². The number of alkyl halides is 3. The number of pyridine rings is 1. The lowest BCUT2D eigenvalue weighted by Crippen LogP contribution is -2.32. The molecular formula is C13H16F3N3O. The third-order valence-corrected chi connectivity index (χ3v) is 3.31. The molecule has 4 nitrogen and oxygen atoms in total. The Kier molecular flexibility index (Phi) is 3.87. The van der Waals surface area contributed by atoms with E-state index in [0.29, 0.717) is 6.42 Å². The molecule has 1 aliphatic rings. The fourth-order valence-electron chi connectivity index (χ4n) is 2.13. The minimum absolute atomic E-state index is 0.127. The zero-order valence-corrected chi connectivity index (χ0v) is 11.0. The molecule has 1 atom stereocenters. The number of nitrogen functional groups attached to an aromatic ring is 1. The maximum Gasteiger partial charge on any atom is 0.425 e. The van der Waals surface area contributed by atoms with Gasteiger partial charge in [0.1, 0.15) is 5.84 Å². The second-order valence-corrected chi connectivity index (χ2v) is 4.87. The van der Waals surface area contributed by atoms with E-state index in [1.165, 1.54) is 0 Å². The Bertz CT molecular complexity index is 528. The quantitative estimate of drug-likeness (QED) is 0.663. The number of ether oxygens (including phenoxy) is 1. The fourth-order valence-corrected chi connectivity index (χ4v) is 2.13. The number of nitrogens with zero attached hydrogens (tertiary/aromatic N) is 1. The molecule has 0 bridgehead atoms. The highest BCUT2D eigenvalue weighted by molar-refractivity contribution is 5.97. The molecule has 7 heteroatoms. The van der Waals surface area contributed by atoms with Gasteiger partial charge in [-0.25, -0.2) is 4.98 Å². The van der Waals surface area contributed by atoms with Crippen LogP contribution in [-0.4, -0.2) is 23.1 Å². The van der Waals surface area contributed by atoms with Crippen LogP contribution in [0.25, 0.3) is 0 Å². The molecular weight excluding hydrogens is 271 g/mol. The van der Waals surface area contributed by atoms with Gasteiger partial charge in [0.05, 0.1) is 5.56 Å². The molecule has 1 aromatic heterocycles. The molecule has 1 unspecified atom stereocenters. The Morgan fingerprint density at radius 3 is 2.65 bits per heavy atom. The summed E-state index contributed by atoms with van der Waals surface area (Å²) in [5.41, 5.74) is 7.22. The summed E-state index contributed by atoms with van der Waals surface area (Å²) in [6.45, 7) is 0.908. The van der Waals surface area contributed by atoms with Gasteiger partial charge in [-0.05, 0) is 44.2 Å². The average molecular weight is 287 g/mol. The molecule has 0 amide bonds. The molecule has 0 fully saturated rings. The highest BCUT2D eigenvalue weighted by Gasteiger charge is 2.39. The van der Waals surface area contributed by atoms with Crippen molar-refractivity contribution in [2.45, 2.75) is 44.9 Å². The topological polar surface area (TPSA) is 72.0 Å². The summed E-state index contributed by atoms with van der Waals surface area (Å²) in [5.74, 6) is -0.543. The molecule has 2 rings (SSSR count). The third-order valence-electron chi connectivity index (χ3n) is 3.31. The van der Waals surface area contributed by atoms with Crippen molar-refractivity contribution in [3.63, 3.8) is 0 Å².